The molecule has 0 unspecified atom stereocenters. The summed E-state index contributed by atoms with van der Waals surface area (Å²) in [6.07, 6.45) is 5.06. The van der Waals surface area contributed by atoms with Crippen molar-refractivity contribution in [3.8, 4) is 0 Å². The monoisotopic (exact) mass is 203 g/mol. The normalized spacial score (nSPS) is 12.9. The molecule has 15 heavy (non-hydrogen) atoms. The average Bonchev–Trinajstić information content (AvgIpc) is 2.29. The second-order valence-corrected chi connectivity index (χ2v) is 3.50. The number of fused-ring (bicyclic) bond motifs is 1. The molecule has 0 aliphatic carbocycles. The summed E-state index contributed by atoms with van der Waals surface area (Å²) >= 11 is 0. The van der Waals surface area contributed by atoms with Crippen LogP contribution in [0.5, 0.6) is 0 Å². The van der Waals surface area contributed by atoms with Crippen LogP contribution in [0.1, 0.15) is 18.5 Å². The first-order valence-corrected chi connectivity index (χ1v) is 4.86. The molecule has 2 aromatic heterocycles. The van der Waals surface area contributed by atoms with Gasteiger partial charge in [0.05, 0.1) is 5.39 Å². The Morgan fingerprint density at radius 2 is 2.27 bits per heavy atom. The predicted octanol–water partition coefficient (Wildman–Crippen LogP) is 1.20. The van der Waals surface area contributed by atoms with E-state index in [-0.39, 0.29) is 11.6 Å². The largest absolute Gasteiger partial charge is 0.328 e. The van der Waals surface area contributed by atoms with Gasteiger partial charge in [0.25, 0.3) is 5.56 Å². The van der Waals surface area contributed by atoms with Gasteiger partial charge in [0.15, 0.2) is 0 Å². The van der Waals surface area contributed by atoms with Crippen LogP contribution >= 0.6 is 0 Å². The van der Waals surface area contributed by atoms with Crippen LogP contribution in [0.15, 0.2) is 29.5 Å². The molecule has 2 rings (SSSR count). The number of nitrogens with one attached hydrogen (secondary N) is 2. The Kier molecular flexibility index (Phi) is 2.51. The van der Waals surface area contributed by atoms with Crippen molar-refractivity contribution in [2.24, 2.45) is 0 Å². The molecule has 0 aliphatic rings. The van der Waals surface area contributed by atoms with E-state index in [9.17, 15) is 4.79 Å². The van der Waals surface area contributed by atoms with Gasteiger partial charge in [0.2, 0.25) is 0 Å². The highest BCUT2D eigenvalue weighted by Crippen LogP contribution is 2.19. The van der Waals surface area contributed by atoms with Crippen molar-refractivity contribution < 1.29 is 0 Å². The Hall–Kier alpha value is -1.68. The Balaban J connectivity index is 2.77. The van der Waals surface area contributed by atoms with Gasteiger partial charge in [0.1, 0.15) is 0 Å². The van der Waals surface area contributed by atoms with Crippen LogP contribution in [0, 0.1) is 0 Å². The van der Waals surface area contributed by atoms with Crippen LogP contribution in [0.2, 0.25) is 0 Å². The van der Waals surface area contributed by atoms with Gasteiger partial charge in [-0.15, -0.1) is 0 Å². The Morgan fingerprint density at radius 3 is 3.00 bits per heavy atom. The first-order valence-electron chi connectivity index (χ1n) is 4.86. The lowest BCUT2D eigenvalue weighted by Gasteiger charge is -2.12. The van der Waals surface area contributed by atoms with Gasteiger partial charge in [0, 0.05) is 24.6 Å². The number of nitrogens with zero attached hydrogens (tertiary/aromatic N) is 1. The van der Waals surface area contributed by atoms with Crippen LogP contribution in [0.4, 0.5) is 0 Å². The van der Waals surface area contributed by atoms with Crippen molar-refractivity contribution in [3.05, 3.63) is 40.6 Å². The first kappa shape index (κ1) is 9.86. The number of H-pyrrole nitrogens is 1. The summed E-state index contributed by atoms with van der Waals surface area (Å²) in [7, 11) is 1.89. The average molecular weight is 203 g/mol. The molecule has 0 aromatic carbocycles. The zero-order valence-electron chi connectivity index (χ0n) is 8.74. The molecule has 0 fully saturated rings. The summed E-state index contributed by atoms with van der Waals surface area (Å²) in [6.45, 7) is 2.05. The zero-order chi connectivity index (χ0) is 10.8. The summed E-state index contributed by atoms with van der Waals surface area (Å²) < 4.78 is 0. The third kappa shape index (κ3) is 1.64. The topological polar surface area (TPSA) is 57.8 Å². The number of aromatic amines is 1. The van der Waals surface area contributed by atoms with E-state index < -0.39 is 0 Å². The fraction of sp³-hybridized carbons (Fsp3) is 0.273. The van der Waals surface area contributed by atoms with Crippen LogP contribution < -0.4 is 10.9 Å². The van der Waals surface area contributed by atoms with Gasteiger partial charge in [-0.3, -0.25) is 9.78 Å². The molecule has 0 amide bonds. The molecular formula is C11H13N3O. The number of hydrogen-bond acceptors (Lipinski definition) is 3. The summed E-state index contributed by atoms with van der Waals surface area (Å²) in [4.78, 5) is 18.2. The van der Waals surface area contributed by atoms with E-state index in [1.807, 2.05) is 20.0 Å². The molecule has 2 N–H and O–H groups in total. The number of rotatable bonds is 2. The highest BCUT2D eigenvalue weighted by Gasteiger charge is 2.08. The third-order valence-electron chi connectivity index (χ3n) is 2.63. The van der Waals surface area contributed by atoms with Crippen molar-refractivity contribution in [1.82, 2.24) is 15.3 Å². The van der Waals surface area contributed by atoms with Gasteiger partial charge in [-0.1, -0.05) is 0 Å². The second kappa shape index (κ2) is 3.82. The standard InChI is InChI=1S/C11H13N3O/c1-7(12-2)9-6-14-11(15)10-5-13-4-3-8(9)10/h3-7,12H,1-2H3,(H,14,15)/t7-/m1/s1. The van der Waals surface area contributed by atoms with E-state index in [0.29, 0.717) is 5.39 Å². The summed E-state index contributed by atoms with van der Waals surface area (Å²) in [5, 5.41) is 4.74. The Bertz CT molecular complexity index is 533. The molecule has 1 atom stereocenters. The molecule has 0 spiro atoms. The smallest absolute Gasteiger partial charge is 0.257 e. The molecule has 4 heteroatoms. The van der Waals surface area contributed by atoms with Crippen molar-refractivity contribution >= 4 is 10.8 Å². The number of pyridine rings is 2. The maximum Gasteiger partial charge on any atom is 0.257 e. The fourth-order valence-corrected chi connectivity index (χ4v) is 1.64. The van der Waals surface area contributed by atoms with Crippen molar-refractivity contribution in [3.63, 3.8) is 0 Å². The van der Waals surface area contributed by atoms with Gasteiger partial charge in [-0.25, -0.2) is 0 Å². The van der Waals surface area contributed by atoms with Crippen LogP contribution in [0.3, 0.4) is 0 Å². The van der Waals surface area contributed by atoms with E-state index in [2.05, 4.69) is 15.3 Å². The fourth-order valence-electron chi connectivity index (χ4n) is 1.64. The minimum atomic E-state index is -0.0925. The number of aromatic nitrogens is 2. The molecule has 2 aromatic rings. The van der Waals surface area contributed by atoms with Crippen molar-refractivity contribution in [1.29, 1.82) is 0 Å². The molecule has 78 valence electrons. The lowest BCUT2D eigenvalue weighted by molar-refractivity contribution is 0.654. The summed E-state index contributed by atoms with van der Waals surface area (Å²) in [5.41, 5.74) is 0.986. The molecule has 0 saturated carbocycles. The number of hydrogen-bond donors (Lipinski definition) is 2. The molecular weight excluding hydrogens is 190 g/mol. The second-order valence-electron chi connectivity index (χ2n) is 3.50. The predicted molar refractivity (Wildman–Crippen MR) is 59.8 cm³/mol. The molecule has 0 bridgehead atoms. The Labute approximate surface area is 87.4 Å². The minimum Gasteiger partial charge on any atom is -0.328 e. The van der Waals surface area contributed by atoms with Gasteiger partial charge in [-0.05, 0) is 31.0 Å². The van der Waals surface area contributed by atoms with Crippen molar-refractivity contribution in [2.45, 2.75) is 13.0 Å². The lowest BCUT2D eigenvalue weighted by atomic mass is 10.0. The van der Waals surface area contributed by atoms with E-state index >= 15 is 0 Å². The summed E-state index contributed by atoms with van der Waals surface area (Å²) in [6, 6.07) is 2.07. The van der Waals surface area contributed by atoms with Gasteiger partial charge >= 0.3 is 0 Å². The van der Waals surface area contributed by atoms with E-state index in [0.717, 1.165) is 10.9 Å². The third-order valence-corrected chi connectivity index (χ3v) is 2.63. The van der Waals surface area contributed by atoms with E-state index in [1.165, 1.54) is 0 Å². The molecule has 0 aliphatic heterocycles. The highest BCUT2D eigenvalue weighted by molar-refractivity contribution is 5.83. The lowest BCUT2D eigenvalue weighted by Crippen LogP contribution is -2.16. The van der Waals surface area contributed by atoms with Crippen LogP contribution in [0.25, 0.3) is 10.8 Å². The minimum absolute atomic E-state index is 0.0925. The first-order chi connectivity index (χ1) is 7.24. The van der Waals surface area contributed by atoms with Gasteiger partial charge < -0.3 is 10.3 Å². The van der Waals surface area contributed by atoms with E-state index in [1.54, 1.807) is 18.6 Å². The maximum atomic E-state index is 11.5. The SMILES string of the molecule is CN[C@H](C)c1c[nH]c(=O)c2cnccc12. The molecule has 4 nitrogen and oxygen atoms in total. The van der Waals surface area contributed by atoms with Crippen LogP contribution in [-0.2, 0) is 0 Å². The summed E-state index contributed by atoms with van der Waals surface area (Å²) in [5.74, 6) is 0. The maximum absolute atomic E-state index is 11.5. The Morgan fingerprint density at radius 1 is 1.47 bits per heavy atom. The molecule has 0 saturated heterocycles. The van der Waals surface area contributed by atoms with E-state index in [4.69, 9.17) is 0 Å². The molecule has 2 heterocycles. The van der Waals surface area contributed by atoms with Gasteiger partial charge in [-0.2, -0.15) is 0 Å². The van der Waals surface area contributed by atoms with Crippen molar-refractivity contribution in [2.75, 3.05) is 7.05 Å². The quantitative estimate of drug-likeness (QED) is 0.771. The van der Waals surface area contributed by atoms with Crippen LogP contribution in [-0.4, -0.2) is 17.0 Å². The highest BCUT2D eigenvalue weighted by atomic mass is 16.1. The molecule has 0 radical (unpaired) electrons. The zero-order valence-corrected chi connectivity index (χ0v) is 8.74.